The van der Waals surface area contributed by atoms with E-state index in [4.69, 9.17) is 12.2 Å². The molecule has 0 aliphatic rings. The van der Waals surface area contributed by atoms with Gasteiger partial charge < -0.3 is 4.57 Å². The Balaban J connectivity index is 2.09. The molecular formula is C10H14N4S2. The van der Waals surface area contributed by atoms with Crippen LogP contribution in [0.25, 0.3) is 0 Å². The number of aryl methyl sites for hydroxylation is 3. The molecule has 0 aliphatic carbocycles. The zero-order valence-electron chi connectivity index (χ0n) is 9.36. The fourth-order valence-electron chi connectivity index (χ4n) is 1.60. The van der Waals surface area contributed by atoms with Crippen molar-refractivity contribution in [3.8, 4) is 0 Å². The van der Waals surface area contributed by atoms with Gasteiger partial charge in [0.1, 0.15) is 5.82 Å². The van der Waals surface area contributed by atoms with Crippen molar-refractivity contribution in [1.82, 2.24) is 19.7 Å². The number of nitrogens with one attached hydrogen (secondary N) is 1. The fraction of sp³-hybridized carbons (Fsp3) is 0.500. The third-order valence-corrected chi connectivity index (χ3v) is 3.55. The third-order valence-electron chi connectivity index (χ3n) is 2.41. The summed E-state index contributed by atoms with van der Waals surface area (Å²) in [6.45, 7) is 4.95. The maximum atomic E-state index is 5.19. The van der Waals surface area contributed by atoms with Crippen molar-refractivity contribution in [3.05, 3.63) is 26.7 Å². The molecule has 1 N–H and O–H groups in total. The van der Waals surface area contributed by atoms with E-state index >= 15 is 0 Å². The van der Waals surface area contributed by atoms with E-state index in [1.807, 2.05) is 11.5 Å². The van der Waals surface area contributed by atoms with Crippen molar-refractivity contribution in [2.75, 3.05) is 0 Å². The van der Waals surface area contributed by atoms with Crippen LogP contribution in [-0.4, -0.2) is 19.7 Å². The van der Waals surface area contributed by atoms with Gasteiger partial charge in [0.25, 0.3) is 0 Å². The van der Waals surface area contributed by atoms with Gasteiger partial charge in [-0.3, -0.25) is 5.10 Å². The Morgan fingerprint density at radius 1 is 1.56 bits per heavy atom. The van der Waals surface area contributed by atoms with Gasteiger partial charge in [-0.2, -0.15) is 5.10 Å². The molecule has 0 bridgehead atoms. The highest BCUT2D eigenvalue weighted by Crippen LogP contribution is 2.10. The summed E-state index contributed by atoms with van der Waals surface area (Å²) < 4.78 is 2.74. The average molecular weight is 254 g/mol. The smallest absolute Gasteiger partial charge is 0.195 e. The van der Waals surface area contributed by atoms with Gasteiger partial charge in [-0.1, -0.05) is 6.92 Å². The van der Waals surface area contributed by atoms with E-state index < -0.39 is 0 Å². The van der Waals surface area contributed by atoms with Gasteiger partial charge >= 0.3 is 0 Å². The van der Waals surface area contributed by atoms with Crippen molar-refractivity contribution in [1.29, 1.82) is 0 Å². The van der Waals surface area contributed by atoms with Crippen molar-refractivity contribution >= 4 is 23.6 Å². The number of thiazole rings is 1. The normalized spacial score (nSPS) is 10.9. The van der Waals surface area contributed by atoms with Gasteiger partial charge in [0.15, 0.2) is 4.77 Å². The van der Waals surface area contributed by atoms with Gasteiger partial charge in [0.2, 0.25) is 0 Å². The van der Waals surface area contributed by atoms with Crippen LogP contribution in [0.15, 0.2) is 5.38 Å². The molecule has 0 saturated heterocycles. The first-order chi connectivity index (χ1) is 7.70. The van der Waals surface area contributed by atoms with Gasteiger partial charge in [0, 0.05) is 24.8 Å². The first kappa shape index (κ1) is 11.5. The number of hydrogen-bond acceptors (Lipinski definition) is 4. The number of aromatic amines is 1. The minimum absolute atomic E-state index is 0.698. The van der Waals surface area contributed by atoms with E-state index in [0.717, 1.165) is 35.9 Å². The molecule has 0 saturated carbocycles. The molecule has 6 heteroatoms. The highest BCUT2D eigenvalue weighted by molar-refractivity contribution is 7.71. The monoisotopic (exact) mass is 254 g/mol. The summed E-state index contributed by atoms with van der Waals surface area (Å²) >= 11 is 6.87. The second kappa shape index (κ2) is 4.88. The number of hydrogen-bond donors (Lipinski definition) is 1. The maximum Gasteiger partial charge on any atom is 0.195 e. The van der Waals surface area contributed by atoms with Crippen molar-refractivity contribution in [3.63, 3.8) is 0 Å². The molecule has 0 amide bonds. The quantitative estimate of drug-likeness (QED) is 0.853. The Kier molecular flexibility index (Phi) is 3.50. The molecule has 0 atom stereocenters. The molecule has 86 valence electrons. The Bertz CT molecular complexity index is 523. The van der Waals surface area contributed by atoms with Gasteiger partial charge in [-0.05, 0) is 19.1 Å². The second-order valence-electron chi connectivity index (χ2n) is 3.56. The summed E-state index contributed by atoms with van der Waals surface area (Å²) in [5.74, 6) is 1.01. The predicted octanol–water partition coefficient (Wildman–Crippen LogP) is 2.51. The Hall–Kier alpha value is -1.01. The summed E-state index contributed by atoms with van der Waals surface area (Å²) in [7, 11) is 0. The standard InChI is InChI=1S/C10H14N4S2/c1-3-9-12-13-10(15)14(9)5-4-8-6-16-7(2)11-8/h6H,3-5H2,1-2H3,(H,13,15). The minimum Gasteiger partial charge on any atom is -0.304 e. The van der Waals surface area contributed by atoms with Gasteiger partial charge in [-0.25, -0.2) is 4.98 Å². The average Bonchev–Trinajstić information content (AvgIpc) is 2.82. The molecule has 2 heterocycles. The molecule has 2 aromatic heterocycles. The zero-order valence-corrected chi connectivity index (χ0v) is 11.0. The van der Waals surface area contributed by atoms with Crippen LogP contribution in [0.1, 0.15) is 23.4 Å². The van der Waals surface area contributed by atoms with Crippen LogP contribution in [-0.2, 0) is 19.4 Å². The van der Waals surface area contributed by atoms with Crippen LogP contribution in [0.3, 0.4) is 0 Å². The molecule has 0 unspecified atom stereocenters. The van der Waals surface area contributed by atoms with Crippen molar-refractivity contribution < 1.29 is 0 Å². The fourth-order valence-corrected chi connectivity index (χ4v) is 2.49. The lowest BCUT2D eigenvalue weighted by Gasteiger charge is -2.03. The van der Waals surface area contributed by atoms with E-state index in [2.05, 4.69) is 27.5 Å². The molecule has 2 aromatic rings. The maximum absolute atomic E-state index is 5.19. The third kappa shape index (κ3) is 2.38. The first-order valence-electron chi connectivity index (χ1n) is 5.25. The molecular weight excluding hydrogens is 240 g/mol. The lowest BCUT2D eigenvalue weighted by Crippen LogP contribution is -2.06. The number of nitrogens with zero attached hydrogens (tertiary/aromatic N) is 3. The van der Waals surface area contributed by atoms with Gasteiger partial charge in [0.05, 0.1) is 10.7 Å². The van der Waals surface area contributed by atoms with Crippen LogP contribution in [0, 0.1) is 11.7 Å². The first-order valence-corrected chi connectivity index (χ1v) is 6.54. The summed E-state index contributed by atoms with van der Waals surface area (Å²) in [5.41, 5.74) is 1.13. The molecule has 0 radical (unpaired) electrons. The molecule has 0 aromatic carbocycles. The van der Waals surface area contributed by atoms with E-state index in [9.17, 15) is 0 Å². The van der Waals surface area contributed by atoms with E-state index in [1.54, 1.807) is 11.3 Å². The molecule has 16 heavy (non-hydrogen) atoms. The summed E-state index contributed by atoms with van der Waals surface area (Å²) in [4.78, 5) is 4.44. The minimum atomic E-state index is 0.698. The second-order valence-corrected chi connectivity index (χ2v) is 5.01. The lowest BCUT2D eigenvalue weighted by atomic mass is 10.3. The Labute approximate surface area is 103 Å². The zero-order chi connectivity index (χ0) is 11.5. The Morgan fingerprint density at radius 3 is 3.00 bits per heavy atom. The Morgan fingerprint density at radius 2 is 2.38 bits per heavy atom. The number of aromatic nitrogens is 4. The topological polar surface area (TPSA) is 46.5 Å². The predicted molar refractivity (Wildman–Crippen MR) is 67.3 cm³/mol. The molecule has 0 spiro atoms. The van der Waals surface area contributed by atoms with Crippen LogP contribution >= 0.6 is 23.6 Å². The lowest BCUT2D eigenvalue weighted by molar-refractivity contribution is 0.642. The van der Waals surface area contributed by atoms with E-state index in [0.29, 0.717) is 4.77 Å². The number of H-pyrrole nitrogens is 1. The van der Waals surface area contributed by atoms with E-state index in [-0.39, 0.29) is 0 Å². The van der Waals surface area contributed by atoms with Crippen LogP contribution in [0.5, 0.6) is 0 Å². The summed E-state index contributed by atoms with van der Waals surface area (Å²) in [6.07, 6.45) is 1.80. The summed E-state index contributed by atoms with van der Waals surface area (Å²) in [6, 6.07) is 0. The number of rotatable bonds is 4. The molecule has 4 nitrogen and oxygen atoms in total. The van der Waals surface area contributed by atoms with Gasteiger partial charge in [-0.15, -0.1) is 11.3 Å². The van der Waals surface area contributed by atoms with Crippen LogP contribution in [0.4, 0.5) is 0 Å². The molecule has 0 fully saturated rings. The molecule has 0 aliphatic heterocycles. The SMILES string of the molecule is CCc1n[nH]c(=S)n1CCc1csc(C)n1. The molecule has 2 rings (SSSR count). The van der Waals surface area contributed by atoms with Crippen molar-refractivity contribution in [2.45, 2.75) is 33.2 Å². The largest absolute Gasteiger partial charge is 0.304 e. The van der Waals surface area contributed by atoms with Crippen LogP contribution < -0.4 is 0 Å². The highest BCUT2D eigenvalue weighted by atomic mass is 32.1. The van der Waals surface area contributed by atoms with Crippen LogP contribution in [0.2, 0.25) is 0 Å². The van der Waals surface area contributed by atoms with Crippen molar-refractivity contribution in [2.24, 2.45) is 0 Å². The summed E-state index contributed by atoms with van der Waals surface area (Å²) in [5, 5.41) is 10.2. The van der Waals surface area contributed by atoms with E-state index in [1.165, 1.54) is 0 Å². The highest BCUT2D eigenvalue weighted by Gasteiger charge is 2.05.